The minimum atomic E-state index is -1.23. The number of alkyl halides is 1. The van der Waals surface area contributed by atoms with E-state index in [1.165, 1.54) is 35.8 Å². The number of amides is 1. The van der Waals surface area contributed by atoms with Gasteiger partial charge in [-0.25, -0.2) is 29.3 Å². The Morgan fingerprint density at radius 1 is 1.06 bits per heavy atom. The number of carbonyl (C=O) groups excluding carboxylic acids is 1. The fourth-order valence-corrected chi connectivity index (χ4v) is 4.08. The number of piperidine rings is 1. The predicted molar refractivity (Wildman–Crippen MR) is 113 cm³/mol. The molecule has 0 bridgehead atoms. The van der Waals surface area contributed by atoms with Gasteiger partial charge in [-0.15, -0.1) is 0 Å². The Bertz CT molecular complexity index is 1100. The fraction of sp³-hybridized carbons (Fsp3) is 0.450. The Kier molecular flexibility index (Phi) is 5.41. The molecule has 4 heterocycles. The molecular weight excluding hydrogens is 437 g/mol. The van der Waals surface area contributed by atoms with E-state index in [1.54, 1.807) is 16.7 Å². The van der Waals surface area contributed by atoms with Crippen molar-refractivity contribution >= 4 is 23.5 Å². The maximum atomic E-state index is 15.3. The van der Waals surface area contributed by atoms with Crippen LogP contribution in [0.15, 0.2) is 31.1 Å². The van der Waals surface area contributed by atoms with Gasteiger partial charge >= 0.3 is 0 Å². The van der Waals surface area contributed by atoms with Crippen LogP contribution in [0.25, 0.3) is 5.95 Å². The average molecular weight is 458 g/mol. The van der Waals surface area contributed by atoms with E-state index in [0.717, 1.165) is 12.8 Å². The predicted octanol–water partition coefficient (Wildman–Crippen LogP) is 2.03. The third kappa shape index (κ3) is 3.99. The molecule has 0 N–H and O–H groups in total. The van der Waals surface area contributed by atoms with Crippen LogP contribution in [-0.4, -0.2) is 76.9 Å². The zero-order valence-electron chi connectivity index (χ0n) is 17.3. The molecule has 2 atom stereocenters. The van der Waals surface area contributed by atoms with E-state index in [0.29, 0.717) is 41.3 Å². The maximum absolute atomic E-state index is 15.3. The Balaban J connectivity index is 1.32. The molecular formula is C20H21ClFN9O. The third-order valence-corrected chi connectivity index (χ3v) is 5.92. The molecule has 0 spiro atoms. The van der Waals surface area contributed by atoms with Crippen LogP contribution in [0.3, 0.4) is 0 Å². The first-order chi connectivity index (χ1) is 15.5. The van der Waals surface area contributed by atoms with Gasteiger partial charge in [-0.2, -0.15) is 9.78 Å². The second-order valence-electron chi connectivity index (χ2n) is 7.95. The summed E-state index contributed by atoms with van der Waals surface area (Å²) in [4.78, 5) is 37.7. The van der Waals surface area contributed by atoms with E-state index in [1.807, 2.05) is 0 Å². The largest absolute Gasteiger partial charge is 0.338 e. The second kappa shape index (κ2) is 8.38. The molecule has 10 nitrogen and oxygen atoms in total. The van der Waals surface area contributed by atoms with Crippen molar-refractivity contribution in [3.63, 3.8) is 0 Å². The van der Waals surface area contributed by atoms with Crippen molar-refractivity contribution < 1.29 is 9.18 Å². The van der Waals surface area contributed by atoms with Crippen LogP contribution in [0.2, 0.25) is 5.02 Å². The number of anilines is 1. The first-order valence-corrected chi connectivity index (χ1v) is 10.8. The smallest absolute Gasteiger partial charge is 0.257 e. The monoisotopic (exact) mass is 457 g/mol. The lowest BCUT2D eigenvalue weighted by Crippen LogP contribution is -2.55. The number of hydrogen-bond donors (Lipinski definition) is 0. The summed E-state index contributed by atoms with van der Waals surface area (Å²) >= 11 is 5.85. The number of hydrogen-bond acceptors (Lipinski definition) is 8. The van der Waals surface area contributed by atoms with Gasteiger partial charge in [0.25, 0.3) is 11.9 Å². The molecule has 2 aliphatic rings. The minimum Gasteiger partial charge on any atom is -0.338 e. The van der Waals surface area contributed by atoms with Crippen molar-refractivity contribution in [2.24, 2.45) is 0 Å². The van der Waals surface area contributed by atoms with Crippen LogP contribution in [0.5, 0.6) is 0 Å². The lowest BCUT2D eigenvalue weighted by molar-refractivity contribution is 0.0485. The molecule has 0 unspecified atom stereocenters. The molecule has 1 aliphatic carbocycles. The van der Waals surface area contributed by atoms with Crippen LogP contribution in [0, 0.1) is 6.92 Å². The summed E-state index contributed by atoms with van der Waals surface area (Å²) < 4.78 is 16.8. The molecule has 0 radical (unpaired) electrons. The van der Waals surface area contributed by atoms with Crippen LogP contribution >= 0.6 is 11.6 Å². The third-order valence-electron chi connectivity index (χ3n) is 5.72. The quantitative estimate of drug-likeness (QED) is 0.573. The molecule has 166 valence electrons. The van der Waals surface area contributed by atoms with E-state index >= 15 is 4.39 Å². The van der Waals surface area contributed by atoms with Crippen molar-refractivity contribution in [3.8, 4) is 5.95 Å². The molecule has 1 saturated carbocycles. The summed E-state index contributed by atoms with van der Waals surface area (Å²) in [5.74, 6) is 1.15. The molecule has 1 amide bonds. The molecule has 2 fully saturated rings. The normalized spacial score (nSPS) is 20.9. The first kappa shape index (κ1) is 20.7. The average Bonchev–Trinajstić information content (AvgIpc) is 3.55. The van der Waals surface area contributed by atoms with Gasteiger partial charge in [0.15, 0.2) is 0 Å². The highest BCUT2D eigenvalue weighted by atomic mass is 35.5. The Morgan fingerprint density at radius 2 is 1.75 bits per heavy atom. The van der Waals surface area contributed by atoms with Crippen molar-refractivity contribution in [2.75, 3.05) is 18.0 Å². The Hall–Kier alpha value is -3.21. The molecule has 32 heavy (non-hydrogen) atoms. The number of aromatic nitrogens is 7. The van der Waals surface area contributed by atoms with Gasteiger partial charge in [0.1, 0.15) is 18.3 Å². The summed E-state index contributed by atoms with van der Waals surface area (Å²) in [5.41, 5.74) is 0.328. The molecule has 3 aromatic rings. The van der Waals surface area contributed by atoms with Crippen LogP contribution < -0.4 is 4.90 Å². The number of rotatable bonds is 5. The topological polar surface area (TPSA) is 106 Å². The van der Waals surface area contributed by atoms with Crippen LogP contribution in [-0.2, 0) is 0 Å². The highest BCUT2D eigenvalue weighted by molar-refractivity contribution is 6.30. The summed E-state index contributed by atoms with van der Waals surface area (Å²) in [7, 11) is 0. The standard InChI is InChI=1S/C20H21ClFN9O/c1-12-27-11-28-31(12)20-23-6-13(7-24-20)18(32)30(15-2-3-15)17-4-5-29(10-16(17)22)19-25-8-14(21)9-26-19/h6-9,11,15-17H,2-5,10H2,1H3/t16-,17+/m0/s1. The Morgan fingerprint density at radius 3 is 2.34 bits per heavy atom. The highest BCUT2D eigenvalue weighted by Crippen LogP contribution is 2.34. The van der Waals surface area contributed by atoms with E-state index in [2.05, 4.69) is 30.0 Å². The Labute approximate surface area is 188 Å². The minimum absolute atomic E-state index is 0.0429. The number of halogens is 2. The molecule has 1 aliphatic heterocycles. The lowest BCUT2D eigenvalue weighted by atomic mass is 10.00. The molecule has 12 heteroatoms. The van der Waals surface area contributed by atoms with Gasteiger partial charge in [0, 0.05) is 25.0 Å². The number of aryl methyl sites for hydroxylation is 1. The van der Waals surface area contributed by atoms with E-state index in [9.17, 15) is 4.79 Å². The first-order valence-electron chi connectivity index (χ1n) is 10.4. The van der Waals surface area contributed by atoms with Crippen molar-refractivity contribution in [1.82, 2.24) is 39.6 Å². The van der Waals surface area contributed by atoms with E-state index < -0.39 is 12.2 Å². The van der Waals surface area contributed by atoms with Gasteiger partial charge < -0.3 is 9.80 Å². The number of nitrogens with zero attached hydrogens (tertiary/aromatic N) is 9. The number of carbonyl (C=O) groups is 1. The zero-order chi connectivity index (χ0) is 22.2. The van der Waals surface area contributed by atoms with Gasteiger partial charge in [-0.3, -0.25) is 4.79 Å². The summed E-state index contributed by atoms with van der Waals surface area (Å²) in [5, 5.41) is 4.50. The lowest BCUT2D eigenvalue weighted by Gasteiger charge is -2.40. The molecule has 3 aromatic heterocycles. The molecule has 0 aromatic carbocycles. The highest BCUT2D eigenvalue weighted by Gasteiger charge is 2.43. The second-order valence-corrected chi connectivity index (χ2v) is 8.39. The SMILES string of the molecule is Cc1ncnn1-c1ncc(C(=O)N(C2CC2)[C@@H]2CCN(c3ncc(Cl)cn3)C[C@@H]2F)cn1. The van der Waals surface area contributed by atoms with Crippen molar-refractivity contribution in [3.05, 3.63) is 47.5 Å². The van der Waals surface area contributed by atoms with Gasteiger partial charge in [0.05, 0.1) is 35.6 Å². The summed E-state index contributed by atoms with van der Waals surface area (Å²) in [6.45, 7) is 2.45. The maximum Gasteiger partial charge on any atom is 0.257 e. The zero-order valence-corrected chi connectivity index (χ0v) is 18.1. The van der Waals surface area contributed by atoms with E-state index in [-0.39, 0.29) is 18.5 Å². The van der Waals surface area contributed by atoms with Gasteiger partial charge in [-0.1, -0.05) is 11.6 Å². The van der Waals surface area contributed by atoms with Gasteiger partial charge in [-0.05, 0) is 26.2 Å². The fourth-order valence-electron chi connectivity index (χ4n) is 3.98. The van der Waals surface area contributed by atoms with E-state index in [4.69, 9.17) is 11.6 Å². The molecule has 1 saturated heterocycles. The summed E-state index contributed by atoms with van der Waals surface area (Å²) in [6.07, 6.45) is 8.32. The van der Waals surface area contributed by atoms with Gasteiger partial charge in [0.2, 0.25) is 5.95 Å². The van der Waals surface area contributed by atoms with Crippen LogP contribution in [0.1, 0.15) is 35.4 Å². The molecule has 5 rings (SSSR count). The van der Waals surface area contributed by atoms with Crippen molar-refractivity contribution in [1.29, 1.82) is 0 Å². The van der Waals surface area contributed by atoms with Crippen LogP contribution in [0.4, 0.5) is 10.3 Å². The summed E-state index contributed by atoms with van der Waals surface area (Å²) in [6, 6.07) is -0.475. The van der Waals surface area contributed by atoms with Crippen molar-refractivity contribution in [2.45, 2.75) is 44.4 Å².